The van der Waals surface area contributed by atoms with Gasteiger partial charge in [0.1, 0.15) is 0 Å². The number of carbonyl (C=O) groups is 1. The molecule has 1 heterocycles. The molecule has 1 aliphatic rings. The molecule has 0 saturated carbocycles. The van der Waals surface area contributed by atoms with Gasteiger partial charge in [0, 0.05) is 23.1 Å². The summed E-state index contributed by atoms with van der Waals surface area (Å²) >= 11 is 0. The number of aromatic amines is 1. The van der Waals surface area contributed by atoms with E-state index in [4.69, 9.17) is 5.11 Å². The second-order valence-corrected chi connectivity index (χ2v) is 3.66. The van der Waals surface area contributed by atoms with Gasteiger partial charge in [-0.05, 0) is 6.07 Å². The number of para-hydroxylation sites is 1. The predicted molar refractivity (Wildman–Crippen MR) is 58.0 cm³/mol. The van der Waals surface area contributed by atoms with Gasteiger partial charge in [-0.1, -0.05) is 24.3 Å². The zero-order chi connectivity index (χ0) is 10.4. The molecule has 0 bridgehead atoms. The molecule has 0 spiro atoms. The molecule has 0 radical (unpaired) electrons. The molecule has 1 aliphatic carbocycles. The van der Waals surface area contributed by atoms with Crippen LogP contribution in [0.2, 0.25) is 0 Å². The molecule has 74 valence electrons. The fraction of sp³-hybridized carbons (Fsp3) is 0.0833. The number of hydrogen-bond donors (Lipinski definition) is 2. The van der Waals surface area contributed by atoms with Crippen LogP contribution < -0.4 is 0 Å². The monoisotopic (exact) mass is 199 g/mol. The Bertz CT molecular complexity index is 593. The highest BCUT2D eigenvalue weighted by Gasteiger charge is 2.16. The SMILES string of the molecule is O=C(O)c1cccc2c3c([nH]c12)CC=C3. The van der Waals surface area contributed by atoms with E-state index in [-0.39, 0.29) is 0 Å². The predicted octanol–water partition coefficient (Wildman–Crippen LogP) is 2.44. The third kappa shape index (κ3) is 1.03. The molecule has 0 amide bonds. The maximum absolute atomic E-state index is 11.0. The smallest absolute Gasteiger partial charge is 0.337 e. The number of aromatic nitrogens is 1. The molecular weight excluding hydrogens is 190 g/mol. The van der Waals surface area contributed by atoms with E-state index in [9.17, 15) is 4.79 Å². The number of carboxylic acid groups (broad SMARTS) is 1. The van der Waals surface area contributed by atoms with E-state index >= 15 is 0 Å². The maximum atomic E-state index is 11.0. The van der Waals surface area contributed by atoms with Gasteiger partial charge >= 0.3 is 5.97 Å². The summed E-state index contributed by atoms with van der Waals surface area (Å²) in [5.41, 5.74) is 3.32. The zero-order valence-electron chi connectivity index (χ0n) is 7.95. The molecule has 15 heavy (non-hydrogen) atoms. The number of aromatic carboxylic acids is 1. The van der Waals surface area contributed by atoms with Crippen LogP contribution >= 0.6 is 0 Å². The fourth-order valence-electron chi connectivity index (χ4n) is 2.12. The Kier molecular flexibility index (Phi) is 1.51. The second kappa shape index (κ2) is 2.73. The Balaban J connectivity index is 2.42. The van der Waals surface area contributed by atoms with Crippen LogP contribution in [0.25, 0.3) is 17.0 Å². The molecule has 3 rings (SSSR count). The number of nitrogens with one attached hydrogen (secondary N) is 1. The normalized spacial score (nSPS) is 13.3. The number of carboxylic acids is 1. The van der Waals surface area contributed by atoms with Gasteiger partial charge in [0.05, 0.1) is 11.1 Å². The molecule has 2 aromatic rings. The van der Waals surface area contributed by atoms with Gasteiger partial charge in [-0.2, -0.15) is 0 Å². The number of benzene rings is 1. The Labute approximate surface area is 86.0 Å². The fourth-order valence-corrected chi connectivity index (χ4v) is 2.12. The Morgan fingerprint density at radius 1 is 1.40 bits per heavy atom. The van der Waals surface area contributed by atoms with Crippen LogP contribution in [0.1, 0.15) is 21.6 Å². The van der Waals surface area contributed by atoms with Crippen molar-refractivity contribution in [2.45, 2.75) is 6.42 Å². The lowest BCUT2D eigenvalue weighted by atomic mass is 10.1. The van der Waals surface area contributed by atoms with Gasteiger partial charge in [-0.3, -0.25) is 0 Å². The Morgan fingerprint density at radius 2 is 2.27 bits per heavy atom. The summed E-state index contributed by atoms with van der Waals surface area (Å²) in [6.45, 7) is 0. The topological polar surface area (TPSA) is 53.1 Å². The highest BCUT2D eigenvalue weighted by atomic mass is 16.4. The van der Waals surface area contributed by atoms with E-state index in [1.807, 2.05) is 12.1 Å². The molecule has 2 N–H and O–H groups in total. The number of hydrogen-bond acceptors (Lipinski definition) is 1. The molecular formula is C12H9NO2. The van der Waals surface area contributed by atoms with E-state index < -0.39 is 5.97 Å². The quantitative estimate of drug-likeness (QED) is 0.741. The number of H-pyrrole nitrogens is 1. The van der Waals surface area contributed by atoms with Crippen molar-refractivity contribution in [2.75, 3.05) is 0 Å². The van der Waals surface area contributed by atoms with E-state index in [0.717, 1.165) is 28.6 Å². The summed E-state index contributed by atoms with van der Waals surface area (Å²) in [6, 6.07) is 5.36. The zero-order valence-corrected chi connectivity index (χ0v) is 7.95. The van der Waals surface area contributed by atoms with Crippen LogP contribution in [0, 0.1) is 0 Å². The molecule has 3 nitrogen and oxygen atoms in total. The van der Waals surface area contributed by atoms with Gasteiger partial charge in [0.2, 0.25) is 0 Å². The average molecular weight is 199 g/mol. The van der Waals surface area contributed by atoms with Crippen molar-refractivity contribution >= 4 is 22.9 Å². The summed E-state index contributed by atoms with van der Waals surface area (Å²) in [5, 5.41) is 10.0. The van der Waals surface area contributed by atoms with E-state index in [1.54, 1.807) is 12.1 Å². The van der Waals surface area contributed by atoms with Crippen LogP contribution in [0.15, 0.2) is 24.3 Å². The summed E-state index contributed by atoms with van der Waals surface area (Å²) < 4.78 is 0. The van der Waals surface area contributed by atoms with E-state index in [1.165, 1.54) is 0 Å². The minimum atomic E-state index is -0.885. The van der Waals surface area contributed by atoms with Gasteiger partial charge in [0.25, 0.3) is 0 Å². The molecule has 3 heteroatoms. The van der Waals surface area contributed by atoms with Crippen LogP contribution in [0.3, 0.4) is 0 Å². The summed E-state index contributed by atoms with van der Waals surface area (Å²) in [4.78, 5) is 14.2. The van der Waals surface area contributed by atoms with Gasteiger partial charge in [0.15, 0.2) is 0 Å². The lowest BCUT2D eigenvalue weighted by Gasteiger charge is -1.96. The van der Waals surface area contributed by atoms with Crippen molar-refractivity contribution in [2.24, 2.45) is 0 Å². The van der Waals surface area contributed by atoms with Crippen molar-refractivity contribution in [3.63, 3.8) is 0 Å². The first-order valence-corrected chi connectivity index (χ1v) is 4.81. The second-order valence-electron chi connectivity index (χ2n) is 3.66. The largest absolute Gasteiger partial charge is 0.478 e. The van der Waals surface area contributed by atoms with Gasteiger partial charge in [-0.15, -0.1) is 0 Å². The first-order valence-electron chi connectivity index (χ1n) is 4.81. The Morgan fingerprint density at radius 3 is 3.07 bits per heavy atom. The molecule has 0 atom stereocenters. The Hall–Kier alpha value is -2.03. The molecule has 0 fully saturated rings. The van der Waals surface area contributed by atoms with Crippen molar-refractivity contribution in [1.82, 2.24) is 4.98 Å². The van der Waals surface area contributed by atoms with Crippen LogP contribution in [-0.2, 0) is 6.42 Å². The van der Waals surface area contributed by atoms with Crippen molar-refractivity contribution in [3.05, 3.63) is 41.1 Å². The molecule has 1 aromatic carbocycles. The van der Waals surface area contributed by atoms with E-state index in [0.29, 0.717) is 5.56 Å². The standard InChI is InChI=1S/C12H9NO2/c14-12(15)9-5-1-4-8-7-3-2-6-10(7)13-11(8)9/h1-5,13H,6H2,(H,14,15). The van der Waals surface area contributed by atoms with Crippen LogP contribution in [-0.4, -0.2) is 16.1 Å². The van der Waals surface area contributed by atoms with Crippen molar-refractivity contribution in [1.29, 1.82) is 0 Å². The lowest BCUT2D eigenvalue weighted by molar-refractivity contribution is 0.0699. The lowest BCUT2D eigenvalue weighted by Crippen LogP contribution is -1.96. The van der Waals surface area contributed by atoms with Gasteiger partial charge < -0.3 is 10.1 Å². The highest BCUT2D eigenvalue weighted by Crippen LogP contribution is 2.30. The first kappa shape index (κ1) is 8.29. The maximum Gasteiger partial charge on any atom is 0.337 e. The number of allylic oxidation sites excluding steroid dienone is 1. The molecule has 0 unspecified atom stereocenters. The molecule has 0 saturated heterocycles. The molecule has 1 aromatic heterocycles. The number of fused-ring (bicyclic) bond motifs is 3. The van der Waals surface area contributed by atoms with Crippen molar-refractivity contribution < 1.29 is 9.90 Å². The van der Waals surface area contributed by atoms with Crippen LogP contribution in [0.5, 0.6) is 0 Å². The minimum absolute atomic E-state index is 0.343. The third-order valence-corrected chi connectivity index (χ3v) is 2.79. The summed E-state index contributed by atoms with van der Waals surface area (Å²) in [5.74, 6) is -0.885. The summed E-state index contributed by atoms with van der Waals surface area (Å²) in [7, 11) is 0. The third-order valence-electron chi connectivity index (χ3n) is 2.79. The number of rotatable bonds is 1. The summed E-state index contributed by atoms with van der Waals surface area (Å²) in [6.07, 6.45) is 4.98. The highest BCUT2D eigenvalue weighted by molar-refractivity contribution is 6.05. The first-order chi connectivity index (χ1) is 7.27. The molecule has 0 aliphatic heterocycles. The van der Waals surface area contributed by atoms with Crippen molar-refractivity contribution in [3.8, 4) is 0 Å². The van der Waals surface area contributed by atoms with Crippen LogP contribution in [0.4, 0.5) is 0 Å². The average Bonchev–Trinajstić information content (AvgIpc) is 2.75. The van der Waals surface area contributed by atoms with E-state index in [2.05, 4.69) is 11.1 Å². The van der Waals surface area contributed by atoms with Gasteiger partial charge in [-0.25, -0.2) is 4.79 Å². The minimum Gasteiger partial charge on any atom is -0.478 e.